The number of carbonyl (C=O) groups excluding carboxylic acids is 2. The van der Waals surface area contributed by atoms with E-state index in [4.69, 9.17) is 4.74 Å². The third-order valence-electron chi connectivity index (χ3n) is 2.88. The van der Waals surface area contributed by atoms with Crippen LogP contribution < -0.4 is 5.32 Å². The third kappa shape index (κ3) is 5.75. The summed E-state index contributed by atoms with van der Waals surface area (Å²) in [5.41, 5.74) is -1.56. The van der Waals surface area contributed by atoms with Gasteiger partial charge < -0.3 is 10.1 Å². The number of esters is 1. The molecular weight excluding hydrogens is 299 g/mol. The zero-order chi connectivity index (χ0) is 16.6. The van der Waals surface area contributed by atoms with Gasteiger partial charge in [0.15, 0.2) is 0 Å². The van der Waals surface area contributed by atoms with Gasteiger partial charge in [-0.05, 0) is 18.6 Å². The Morgan fingerprint density at radius 1 is 1.18 bits per heavy atom. The standard InChI is InChI=1S/C15H18F3NO3/c1-2-3-6-9-22-13(20)10-19-14(21)11-7-4-5-8-12(11)15(16,17)18/h4-5,7-8H,2-3,6,9-10H2,1H3,(H,19,21). The Kier molecular flexibility index (Phi) is 6.88. The Bertz CT molecular complexity index is 515. The Hall–Kier alpha value is -2.05. The summed E-state index contributed by atoms with van der Waals surface area (Å²) in [6.07, 6.45) is -2.03. The molecule has 22 heavy (non-hydrogen) atoms. The van der Waals surface area contributed by atoms with E-state index in [0.717, 1.165) is 25.0 Å². The second-order valence-electron chi connectivity index (χ2n) is 4.65. The van der Waals surface area contributed by atoms with Crippen LogP contribution in [0.2, 0.25) is 0 Å². The van der Waals surface area contributed by atoms with Crippen molar-refractivity contribution in [2.75, 3.05) is 13.2 Å². The molecule has 1 aromatic carbocycles. The van der Waals surface area contributed by atoms with E-state index in [-0.39, 0.29) is 6.61 Å². The molecular formula is C15H18F3NO3. The maximum atomic E-state index is 12.8. The van der Waals surface area contributed by atoms with Crippen molar-refractivity contribution in [1.82, 2.24) is 5.32 Å². The fourth-order valence-corrected chi connectivity index (χ4v) is 1.77. The van der Waals surface area contributed by atoms with E-state index >= 15 is 0 Å². The number of carbonyl (C=O) groups is 2. The summed E-state index contributed by atoms with van der Waals surface area (Å²) in [7, 11) is 0. The molecule has 0 radical (unpaired) electrons. The molecule has 0 bridgehead atoms. The van der Waals surface area contributed by atoms with Gasteiger partial charge in [0.1, 0.15) is 6.54 Å². The average Bonchev–Trinajstić information content (AvgIpc) is 2.48. The molecule has 0 heterocycles. The minimum Gasteiger partial charge on any atom is -0.464 e. The zero-order valence-electron chi connectivity index (χ0n) is 12.2. The highest BCUT2D eigenvalue weighted by atomic mass is 19.4. The lowest BCUT2D eigenvalue weighted by atomic mass is 10.1. The molecule has 0 fully saturated rings. The van der Waals surface area contributed by atoms with Gasteiger partial charge in [-0.15, -0.1) is 0 Å². The van der Waals surface area contributed by atoms with Crippen LogP contribution in [0.5, 0.6) is 0 Å². The number of benzene rings is 1. The molecule has 0 saturated heterocycles. The Labute approximate surface area is 126 Å². The molecule has 1 aromatic rings. The van der Waals surface area contributed by atoms with Crippen LogP contribution in [-0.4, -0.2) is 25.0 Å². The van der Waals surface area contributed by atoms with E-state index in [1.807, 2.05) is 6.92 Å². The largest absolute Gasteiger partial charge is 0.464 e. The van der Waals surface area contributed by atoms with Crippen molar-refractivity contribution in [2.45, 2.75) is 32.4 Å². The van der Waals surface area contributed by atoms with Gasteiger partial charge in [-0.25, -0.2) is 0 Å². The van der Waals surface area contributed by atoms with Gasteiger partial charge in [0.05, 0.1) is 17.7 Å². The molecule has 0 aliphatic carbocycles. The highest BCUT2D eigenvalue weighted by Gasteiger charge is 2.34. The number of ether oxygens (including phenoxy) is 1. The lowest BCUT2D eigenvalue weighted by Crippen LogP contribution is -2.32. The molecule has 0 unspecified atom stereocenters. The number of hydrogen-bond acceptors (Lipinski definition) is 3. The summed E-state index contributed by atoms with van der Waals surface area (Å²) in [5, 5.41) is 2.14. The molecule has 0 atom stereocenters. The van der Waals surface area contributed by atoms with E-state index in [1.54, 1.807) is 0 Å². The van der Waals surface area contributed by atoms with Gasteiger partial charge in [0.2, 0.25) is 0 Å². The molecule has 0 aliphatic rings. The maximum Gasteiger partial charge on any atom is 0.417 e. The molecule has 0 aliphatic heterocycles. The van der Waals surface area contributed by atoms with Crippen molar-refractivity contribution in [3.8, 4) is 0 Å². The summed E-state index contributed by atoms with van der Waals surface area (Å²) in [6, 6.07) is 4.40. The van der Waals surface area contributed by atoms with Crippen molar-refractivity contribution >= 4 is 11.9 Å². The van der Waals surface area contributed by atoms with Crippen molar-refractivity contribution in [3.05, 3.63) is 35.4 Å². The van der Waals surface area contributed by atoms with E-state index in [9.17, 15) is 22.8 Å². The van der Waals surface area contributed by atoms with Crippen molar-refractivity contribution in [2.24, 2.45) is 0 Å². The van der Waals surface area contributed by atoms with Crippen molar-refractivity contribution < 1.29 is 27.5 Å². The molecule has 4 nitrogen and oxygen atoms in total. The highest BCUT2D eigenvalue weighted by Crippen LogP contribution is 2.31. The molecule has 122 valence electrons. The van der Waals surface area contributed by atoms with Crippen LogP contribution in [0.25, 0.3) is 0 Å². The minimum atomic E-state index is -4.63. The second kappa shape index (κ2) is 8.41. The summed E-state index contributed by atoms with van der Waals surface area (Å²) in [5.74, 6) is -1.63. The first-order valence-electron chi connectivity index (χ1n) is 6.96. The van der Waals surface area contributed by atoms with Crippen LogP contribution in [0.1, 0.15) is 42.1 Å². The topological polar surface area (TPSA) is 55.4 Å². The minimum absolute atomic E-state index is 0.238. The van der Waals surface area contributed by atoms with E-state index in [1.165, 1.54) is 12.1 Å². The molecule has 1 amide bonds. The van der Waals surface area contributed by atoms with Crippen LogP contribution in [-0.2, 0) is 15.7 Å². The first-order chi connectivity index (χ1) is 10.4. The predicted molar refractivity (Wildman–Crippen MR) is 74.3 cm³/mol. The van der Waals surface area contributed by atoms with E-state index in [2.05, 4.69) is 5.32 Å². The van der Waals surface area contributed by atoms with E-state index in [0.29, 0.717) is 6.42 Å². The maximum absolute atomic E-state index is 12.8. The Balaban J connectivity index is 2.55. The summed E-state index contributed by atoms with van der Waals surface area (Å²) < 4.78 is 43.2. The summed E-state index contributed by atoms with van der Waals surface area (Å²) >= 11 is 0. The average molecular weight is 317 g/mol. The molecule has 1 rings (SSSR count). The number of nitrogens with one attached hydrogen (secondary N) is 1. The molecule has 0 spiro atoms. The molecule has 1 N–H and O–H groups in total. The quantitative estimate of drug-likeness (QED) is 0.621. The second-order valence-corrected chi connectivity index (χ2v) is 4.65. The predicted octanol–water partition coefficient (Wildman–Crippen LogP) is 3.17. The first kappa shape index (κ1) is 18.0. The number of amides is 1. The van der Waals surface area contributed by atoms with Crippen LogP contribution in [0, 0.1) is 0 Å². The molecule has 0 aromatic heterocycles. The van der Waals surface area contributed by atoms with Gasteiger partial charge in [0.25, 0.3) is 5.91 Å². The Morgan fingerprint density at radius 2 is 1.86 bits per heavy atom. The number of unbranched alkanes of at least 4 members (excludes halogenated alkanes) is 2. The third-order valence-corrected chi connectivity index (χ3v) is 2.88. The van der Waals surface area contributed by atoms with Gasteiger partial charge in [0, 0.05) is 0 Å². The van der Waals surface area contributed by atoms with Gasteiger partial charge in [-0.2, -0.15) is 13.2 Å². The fourth-order valence-electron chi connectivity index (χ4n) is 1.77. The summed E-state index contributed by atoms with van der Waals surface area (Å²) in [6.45, 7) is 1.78. The van der Waals surface area contributed by atoms with Crippen LogP contribution in [0.4, 0.5) is 13.2 Å². The lowest BCUT2D eigenvalue weighted by molar-refractivity contribution is -0.142. The summed E-state index contributed by atoms with van der Waals surface area (Å²) in [4.78, 5) is 23.1. The lowest BCUT2D eigenvalue weighted by Gasteiger charge is -2.12. The number of alkyl halides is 3. The monoisotopic (exact) mass is 317 g/mol. The zero-order valence-corrected chi connectivity index (χ0v) is 12.2. The van der Waals surface area contributed by atoms with E-state index < -0.39 is 35.7 Å². The van der Waals surface area contributed by atoms with Crippen LogP contribution >= 0.6 is 0 Å². The van der Waals surface area contributed by atoms with Crippen LogP contribution in [0.3, 0.4) is 0 Å². The van der Waals surface area contributed by atoms with Gasteiger partial charge in [-0.3, -0.25) is 9.59 Å². The Morgan fingerprint density at radius 3 is 2.50 bits per heavy atom. The van der Waals surface area contributed by atoms with Crippen LogP contribution in [0.15, 0.2) is 24.3 Å². The van der Waals surface area contributed by atoms with Gasteiger partial charge in [-0.1, -0.05) is 31.9 Å². The number of hydrogen-bond donors (Lipinski definition) is 1. The fraction of sp³-hybridized carbons (Fsp3) is 0.467. The highest BCUT2D eigenvalue weighted by molar-refractivity contribution is 5.97. The van der Waals surface area contributed by atoms with Gasteiger partial charge >= 0.3 is 12.1 Å². The molecule has 0 saturated carbocycles. The first-order valence-corrected chi connectivity index (χ1v) is 6.96. The van der Waals surface area contributed by atoms with Crippen molar-refractivity contribution in [1.29, 1.82) is 0 Å². The normalized spacial score (nSPS) is 11.1. The molecule has 7 heteroatoms. The van der Waals surface area contributed by atoms with Crippen molar-refractivity contribution in [3.63, 3.8) is 0 Å². The SMILES string of the molecule is CCCCCOC(=O)CNC(=O)c1ccccc1C(F)(F)F. The number of rotatable bonds is 7. The number of halogens is 3. The smallest absolute Gasteiger partial charge is 0.417 e.